The fraction of sp³-hybridized carbons (Fsp3) is 0.600. The van der Waals surface area contributed by atoms with Crippen molar-refractivity contribution in [1.82, 2.24) is 4.72 Å². The van der Waals surface area contributed by atoms with Crippen LogP contribution in [0.2, 0.25) is 0 Å². The van der Waals surface area contributed by atoms with Crippen molar-refractivity contribution >= 4 is 15.7 Å². The minimum absolute atomic E-state index is 0.0358. The summed E-state index contributed by atoms with van der Waals surface area (Å²) in [5.74, 6) is 2.19. The SMILES string of the molecule is Nc1ccc(CS(=O)(=O)NCC2CC3CCC2C3)cc1. The molecule has 1 aromatic carbocycles. The fourth-order valence-electron chi connectivity index (χ4n) is 3.74. The molecule has 0 saturated heterocycles. The van der Waals surface area contributed by atoms with Crippen LogP contribution in [0.1, 0.15) is 31.2 Å². The molecule has 0 amide bonds. The number of hydrogen-bond donors (Lipinski definition) is 2. The molecule has 0 aromatic heterocycles. The molecule has 1 aromatic rings. The number of hydrogen-bond acceptors (Lipinski definition) is 3. The van der Waals surface area contributed by atoms with E-state index in [0.717, 1.165) is 17.4 Å². The average Bonchev–Trinajstić information content (AvgIpc) is 3.01. The van der Waals surface area contributed by atoms with Gasteiger partial charge >= 0.3 is 0 Å². The maximum absolute atomic E-state index is 12.1. The molecule has 0 heterocycles. The molecule has 2 saturated carbocycles. The molecule has 2 bridgehead atoms. The van der Waals surface area contributed by atoms with Crippen molar-refractivity contribution in [1.29, 1.82) is 0 Å². The average molecular weight is 294 g/mol. The molecule has 110 valence electrons. The number of anilines is 1. The summed E-state index contributed by atoms with van der Waals surface area (Å²) in [6.07, 6.45) is 5.15. The lowest BCUT2D eigenvalue weighted by atomic mass is 9.89. The van der Waals surface area contributed by atoms with E-state index < -0.39 is 10.0 Å². The van der Waals surface area contributed by atoms with E-state index in [9.17, 15) is 8.42 Å². The van der Waals surface area contributed by atoms with E-state index in [1.54, 1.807) is 24.3 Å². The lowest BCUT2D eigenvalue weighted by Gasteiger charge is -2.21. The molecule has 0 spiro atoms. The first-order valence-electron chi connectivity index (χ1n) is 7.33. The van der Waals surface area contributed by atoms with Crippen LogP contribution in [0.15, 0.2) is 24.3 Å². The molecular formula is C15H22N2O2S. The highest BCUT2D eigenvalue weighted by molar-refractivity contribution is 7.88. The molecule has 20 heavy (non-hydrogen) atoms. The normalized spacial score (nSPS) is 28.9. The third-order valence-corrected chi connectivity index (χ3v) is 6.11. The minimum Gasteiger partial charge on any atom is -0.399 e. The van der Waals surface area contributed by atoms with Gasteiger partial charge in [0.1, 0.15) is 0 Å². The van der Waals surface area contributed by atoms with Crippen molar-refractivity contribution in [3.8, 4) is 0 Å². The largest absolute Gasteiger partial charge is 0.399 e. The molecule has 5 heteroatoms. The maximum Gasteiger partial charge on any atom is 0.215 e. The van der Waals surface area contributed by atoms with Gasteiger partial charge in [0.05, 0.1) is 5.75 Å². The monoisotopic (exact) mass is 294 g/mol. The molecule has 3 N–H and O–H groups in total. The van der Waals surface area contributed by atoms with Crippen molar-refractivity contribution in [2.24, 2.45) is 17.8 Å². The van der Waals surface area contributed by atoms with Gasteiger partial charge in [-0.15, -0.1) is 0 Å². The van der Waals surface area contributed by atoms with Crippen LogP contribution in [0.5, 0.6) is 0 Å². The maximum atomic E-state index is 12.1. The van der Waals surface area contributed by atoms with Crippen LogP contribution < -0.4 is 10.5 Å². The first-order valence-corrected chi connectivity index (χ1v) is 8.99. The summed E-state index contributed by atoms with van der Waals surface area (Å²) < 4.78 is 27.0. The highest BCUT2D eigenvalue weighted by Crippen LogP contribution is 2.47. The molecular weight excluding hydrogens is 272 g/mol. The van der Waals surface area contributed by atoms with Gasteiger partial charge in [-0.2, -0.15) is 0 Å². The topological polar surface area (TPSA) is 72.2 Å². The van der Waals surface area contributed by atoms with E-state index in [2.05, 4.69) is 4.72 Å². The van der Waals surface area contributed by atoms with Crippen LogP contribution in [0, 0.1) is 17.8 Å². The van der Waals surface area contributed by atoms with Crippen molar-refractivity contribution in [2.45, 2.75) is 31.4 Å². The highest BCUT2D eigenvalue weighted by atomic mass is 32.2. The Morgan fingerprint density at radius 3 is 2.50 bits per heavy atom. The van der Waals surface area contributed by atoms with Crippen molar-refractivity contribution < 1.29 is 8.42 Å². The first-order chi connectivity index (χ1) is 9.52. The van der Waals surface area contributed by atoms with E-state index in [-0.39, 0.29) is 5.75 Å². The van der Waals surface area contributed by atoms with Crippen molar-refractivity contribution in [3.63, 3.8) is 0 Å². The van der Waals surface area contributed by atoms with Gasteiger partial charge < -0.3 is 5.73 Å². The Kier molecular flexibility index (Phi) is 3.73. The Balaban J connectivity index is 1.54. The second kappa shape index (κ2) is 5.37. The van der Waals surface area contributed by atoms with Crippen molar-refractivity contribution in [2.75, 3.05) is 12.3 Å². The van der Waals surface area contributed by atoms with Gasteiger partial charge in [-0.1, -0.05) is 18.6 Å². The fourth-order valence-corrected chi connectivity index (χ4v) is 4.95. The van der Waals surface area contributed by atoms with E-state index in [4.69, 9.17) is 5.73 Å². The number of sulfonamides is 1. The molecule has 2 aliphatic carbocycles. The summed E-state index contributed by atoms with van der Waals surface area (Å²) in [5.41, 5.74) is 7.03. The van der Waals surface area contributed by atoms with Gasteiger partial charge in [0.25, 0.3) is 0 Å². The second-order valence-corrected chi connectivity index (χ2v) is 8.09. The number of nitrogens with two attached hydrogens (primary N) is 1. The highest BCUT2D eigenvalue weighted by Gasteiger charge is 2.39. The molecule has 3 rings (SSSR count). The Morgan fingerprint density at radius 1 is 1.15 bits per heavy atom. The summed E-state index contributed by atoms with van der Waals surface area (Å²) in [7, 11) is -3.24. The molecule has 2 aliphatic rings. The zero-order valence-electron chi connectivity index (χ0n) is 11.6. The van der Waals surface area contributed by atoms with Gasteiger partial charge in [-0.05, 0) is 54.7 Å². The Morgan fingerprint density at radius 2 is 1.90 bits per heavy atom. The van der Waals surface area contributed by atoms with Gasteiger partial charge in [0.15, 0.2) is 0 Å². The van der Waals surface area contributed by atoms with Crippen LogP contribution >= 0.6 is 0 Å². The van der Waals surface area contributed by atoms with E-state index in [0.29, 0.717) is 18.2 Å². The van der Waals surface area contributed by atoms with Crippen LogP contribution in [0.4, 0.5) is 5.69 Å². The number of nitrogen functional groups attached to an aromatic ring is 1. The lowest BCUT2D eigenvalue weighted by Crippen LogP contribution is -2.32. The van der Waals surface area contributed by atoms with E-state index in [1.165, 1.54) is 25.7 Å². The Hall–Kier alpha value is -1.07. The molecule has 0 radical (unpaired) electrons. The standard InChI is InChI=1S/C15H22N2O2S/c16-15-5-2-11(3-6-15)10-20(18,19)17-9-14-8-12-1-4-13(14)7-12/h2-3,5-6,12-14,17H,1,4,7-10,16H2. The molecule has 2 fully saturated rings. The summed E-state index contributed by atoms with van der Waals surface area (Å²) >= 11 is 0. The third kappa shape index (κ3) is 3.15. The second-order valence-electron chi connectivity index (χ2n) is 6.28. The minimum atomic E-state index is -3.24. The number of fused-ring (bicyclic) bond motifs is 2. The summed E-state index contributed by atoms with van der Waals surface area (Å²) in [4.78, 5) is 0. The zero-order valence-corrected chi connectivity index (χ0v) is 12.4. The van der Waals surface area contributed by atoms with Crippen LogP contribution in [-0.2, 0) is 15.8 Å². The van der Waals surface area contributed by atoms with Crippen LogP contribution in [0.3, 0.4) is 0 Å². The summed E-state index contributed by atoms with van der Waals surface area (Å²) in [6, 6.07) is 7.01. The summed E-state index contributed by atoms with van der Waals surface area (Å²) in [5, 5.41) is 0. The predicted molar refractivity (Wildman–Crippen MR) is 80.4 cm³/mol. The van der Waals surface area contributed by atoms with Gasteiger partial charge in [-0.25, -0.2) is 13.1 Å². The van der Waals surface area contributed by atoms with Crippen LogP contribution in [0.25, 0.3) is 0 Å². The number of benzene rings is 1. The first kappa shape index (κ1) is 13.9. The smallest absolute Gasteiger partial charge is 0.215 e. The zero-order chi connectivity index (χ0) is 14.2. The van der Waals surface area contributed by atoms with E-state index >= 15 is 0 Å². The Labute approximate surface area is 120 Å². The molecule has 0 aliphatic heterocycles. The van der Waals surface area contributed by atoms with Crippen molar-refractivity contribution in [3.05, 3.63) is 29.8 Å². The molecule has 3 unspecified atom stereocenters. The van der Waals surface area contributed by atoms with Gasteiger partial charge in [0.2, 0.25) is 10.0 Å². The van der Waals surface area contributed by atoms with E-state index in [1.807, 2.05) is 0 Å². The molecule has 4 nitrogen and oxygen atoms in total. The Bertz CT molecular complexity index is 568. The third-order valence-electron chi connectivity index (χ3n) is 4.79. The van der Waals surface area contributed by atoms with Gasteiger partial charge in [-0.3, -0.25) is 0 Å². The number of rotatable bonds is 5. The summed E-state index contributed by atoms with van der Waals surface area (Å²) in [6.45, 7) is 0.610. The van der Waals surface area contributed by atoms with Crippen LogP contribution in [-0.4, -0.2) is 15.0 Å². The quantitative estimate of drug-likeness (QED) is 0.817. The predicted octanol–water partition coefficient (Wildman–Crippen LogP) is 2.12. The van der Waals surface area contributed by atoms with Gasteiger partial charge in [0, 0.05) is 12.2 Å². The lowest BCUT2D eigenvalue weighted by molar-refractivity contribution is 0.332. The number of nitrogens with one attached hydrogen (secondary N) is 1. The molecule has 3 atom stereocenters.